The third kappa shape index (κ3) is 2.92. The molecular formula is C21H30N2O3. The van der Waals surface area contributed by atoms with Crippen molar-refractivity contribution in [1.29, 1.82) is 0 Å². The topological polar surface area (TPSA) is 45.2 Å². The number of ether oxygens (including phenoxy) is 2. The second-order valence-corrected chi connectivity index (χ2v) is 8.12. The first-order valence-electron chi connectivity index (χ1n) is 9.65. The van der Waals surface area contributed by atoms with Crippen molar-refractivity contribution in [2.75, 3.05) is 40.8 Å². The number of aliphatic hydroxyl groups is 1. The van der Waals surface area contributed by atoms with E-state index in [2.05, 4.69) is 36.0 Å². The van der Waals surface area contributed by atoms with Crippen LogP contribution in [0.1, 0.15) is 30.4 Å². The van der Waals surface area contributed by atoms with Gasteiger partial charge in [-0.2, -0.15) is 0 Å². The zero-order valence-electron chi connectivity index (χ0n) is 16.1. The second-order valence-electron chi connectivity index (χ2n) is 8.12. The Labute approximate surface area is 156 Å². The molecule has 1 aliphatic carbocycles. The molecule has 26 heavy (non-hydrogen) atoms. The Hall–Kier alpha value is -1.56. The Morgan fingerprint density at radius 1 is 1.38 bits per heavy atom. The molecule has 2 aliphatic heterocycles. The summed E-state index contributed by atoms with van der Waals surface area (Å²) in [5.41, 5.74) is 2.50. The number of rotatable bonds is 5. The predicted molar refractivity (Wildman–Crippen MR) is 102 cm³/mol. The van der Waals surface area contributed by atoms with Gasteiger partial charge in [0.25, 0.3) is 0 Å². The first-order chi connectivity index (χ1) is 12.5. The van der Waals surface area contributed by atoms with Crippen LogP contribution in [-0.2, 0) is 12.0 Å². The molecule has 0 amide bonds. The Kier molecular flexibility index (Phi) is 4.71. The summed E-state index contributed by atoms with van der Waals surface area (Å²) in [5, 5.41) is 10.1. The van der Waals surface area contributed by atoms with E-state index in [0.717, 1.165) is 44.1 Å². The molecule has 3 atom stereocenters. The standard InChI is InChI=1S/C21H30N2O3/c1-22(2)10-4-11-23-12-9-21-8-7-16(24)13-18(21)26-20-17(25-3)6-5-15(14-23)19(20)21/h5-8,16,18,24H,4,9-14H2,1-3H3. The molecule has 0 radical (unpaired) electrons. The number of methoxy groups -OCH3 is 1. The van der Waals surface area contributed by atoms with Gasteiger partial charge < -0.3 is 19.5 Å². The van der Waals surface area contributed by atoms with Gasteiger partial charge in [0.05, 0.1) is 18.6 Å². The molecule has 142 valence electrons. The summed E-state index contributed by atoms with van der Waals surface area (Å²) >= 11 is 0. The van der Waals surface area contributed by atoms with Crippen molar-refractivity contribution < 1.29 is 14.6 Å². The molecule has 1 N–H and O–H groups in total. The van der Waals surface area contributed by atoms with E-state index in [1.165, 1.54) is 17.5 Å². The fourth-order valence-corrected chi connectivity index (χ4v) is 4.80. The van der Waals surface area contributed by atoms with Crippen LogP contribution in [0.15, 0.2) is 24.3 Å². The van der Waals surface area contributed by atoms with E-state index in [4.69, 9.17) is 9.47 Å². The van der Waals surface area contributed by atoms with Crippen molar-refractivity contribution in [1.82, 2.24) is 9.80 Å². The minimum atomic E-state index is -0.422. The van der Waals surface area contributed by atoms with E-state index in [9.17, 15) is 5.11 Å². The lowest BCUT2D eigenvalue weighted by Gasteiger charge is -2.36. The second kappa shape index (κ2) is 6.87. The molecular weight excluding hydrogens is 328 g/mol. The molecule has 1 spiro atoms. The summed E-state index contributed by atoms with van der Waals surface area (Å²) in [5.74, 6) is 1.70. The smallest absolute Gasteiger partial charge is 0.166 e. The van der Waals surface area contributed by atoms with Gasteiger partial charge >= 0.3 is 0 Å². The summed E-state index contributed by atoms with van der Waals surface area (Å²) in [6.45, 7) is 4.21. The Balaban J connectivity index is 1.69. The van der Waals surface area contributed by atoms with E-state index in [0.29, 0.717) is 6.42 Å². The van der Waals surface area contributed by atoms with Gasteiger partial charge in [-0.15, -0.1) is 0 Å². The fraction of sp³-hybridized carbons (Fsp3) is 0.619. The highest BCUT2D eigenvalue weighted by Gasteiger charge is 2.52. The van der Waals surface area contributed by atoms with Crippen LogP contribution >= 0.6 is 0 Å². The van der Waals surface area contributed by atoms with Gasteiger partial charge in [-0.1, -0.05) is 18.2 Å². The molecule has 0 aromatic heterocycles. The Morgan fingerprint density at radius 2 is 2.23 bits per heavy atom. The van der Waals surface area contributed by atoms with E-state index in [-0.39, 0.29) is 11.5 Å². The molecule has 5 heteroatoms. The molecule has 0 saturated heterocycles. The van der Waals surface area contributed by atoms with Gasteiger partial charge in [0.2, 0.25) is 0 Å². The molecule has 1 aromatic rings. The van der Waals surface area contributed by atoms with Crippen LogP contribution < -0.4 is 9.47 Å². The highest BCUT2D eigenvalue weighted by atomic mass is 16.5. The third-order valence-electron chi connectivity index (χ3n) is 6.11. The number of hydrogen-bond acceptors (Lipinski definition) is 5. The quantitative estimate of drug-likeness (QED) is 0.818. The van der Waals surface area contributed by atoms with Crippen molar-refractivity contribution in [3.8, 4) is 11.5 Å². The molecule has 1 aromatic carbocycles. The van der Waals surface area contributed by atoms with Crippen LogP contribution in [0.5, 0.6) is 11.5 Å². The van der Waals surface area contributed by atoms with Crippen LogP contribution in [0.3, 0.4) is 0 Å². The number of hydrogen-bond donors (Lipinski definition) is 1. The molecule has 0 bridgehead atoms. The van der Waals surface area contributed by atoms with Crippen LogP contribution in [0.4, 0.5) is 0 Å². The van der Waals surface area contributed by atoms with Crippen molar-refractivity contribution in [2.24, 2.45) is 0 Å². The van der Waals surface area contributed by atoms with Crippen LogP contribution in [-0.4, -0.2) is 68.0 Å². The highest BCUT2D eigenvalue weighted by Crippen LogP contribution is 2.55. The van der Waals surface area contributed by atoms with E-state index in [1.54, 1.807) is 7.11 Å². The molecule has 2 heterocycles. The summed E-state index contributed by atoms with van der Waals surface area (Å²) in [6.07, 6.45) is 6.59. The summed E-state index contributed by atoms with van der Waals surface area (Å²) in [4.78, 5) is 4.81. The number of nitrogens with zero attached hydrogens (tertiary/aromatic N) is 2. The van der Waals surface area contributed by atoms with Crippen LogP contribution in [0, 0.1) is 0 Å². The minimum absolute atomic E-state index is 0.00530. The fourth-order valence-electron chi connectivity index (χ4n) is 4.80. The summed E-state index contributed by atoms with van der Waals surface area (Å²) in [7, 11) is 5.96. The van der Waals surface area contributed by atoms with Gasteiger partial charge in [-0.3, -0.25) is 4.90 Å². The number of aliphatic hydroxyl groups excluding tert-OH is 1. The molecule has 0 fully saturated rings. The molecule has 5 nitrogen and oxygen atoms in total. The summed E-state index contributed by atoms with van der Waals surface area (Å²) in [6, 6.07) is 4.23. The molecule has 0 saturated carbocycles. The van der Waals surface area contributed by atoms with Crippen molar-refractivity contribution in [2.45, 2.75) is 43.4 Å². The monoisotopic (exact) mass is 358 g/mol. The average Bonchev–Trinajstić information content (AvgIpc) is 2.85. The van der Waals surface area contributed by atoms with Crippen molar-refractivity contribution >= 4 is 0 Å². The zero-order valence-corrected chi connectivity index (χ0v) is 16.1. The highest BCUT2D eigenvalue weighted by molar-refractivity contribution is 5.60. The molecule has 3 aliphatic rings. The Bertz CT molecular complexity index is 703. The maximum atomic E-state index is 10.1. The minimum Gasteiger partial charge on any atom is -0.493 e. The van der Waals surface area contributed by atoms with E-state index >= 15 is 0 Å². The lowest BCUT2D eigenvalue weighted by Crippen LogP contribution is -2.43. The lowest BCUT2D eigenvalue weighted by molar-refractivity contribution is 0.0808. The zero-order chi connectivity index (χ0) is 18.3. The Morgan fingerprint density at radius 3 is 3.00 bits per heavy atom. The van der Waals surface area contributed by atoms with Gasteiger partial charge in [0, 0.05) is 18.5 Å². The van der Waals surface area contributed by atoms with Gasteiger partial charge in [-0.25, -0.2) is 0 Å². The summed E-state index contributed by atoms with van der Waals surface area (Å²) < 4.78 is 11.9. The predicted octanol–water partition coefficient (Wildman–Crippen LogP) is 2.17. The SMILES string of the molecule is COc1ccc2c3c1OC1CC(O)C=CC31CCN(CCCN(C)C)C2. The maximum absolute atomic E-state index is 10.1. The average molecular weight is 358 g/mol. The number of benzene rings is 1. The third-order valence-corrected chi connectivity index (χ3v) is 6.11. The van der Waals surface area contributed by atoms with E-state index < -0.39 is 6.10 Å². The van der Waals surface area contributed by atoms with E-state index in [1.807, 2.05) is 12.1 Å². The van der Waals surface area contributed by atoms with Crippen molar-refractivity contribution in [3.05, 3.63) is 35.4 Å². The lowest BCUT2D eigenvalue weighted by atomic mass is 9.69. The molecule has 4 rings (SSSR count). The van der Waals surface area contributed by atoms with Gasteiger partial charge in [0.15, 0.2) is 11.5 Å². The van der Waals surface area contributed by atoms with Gasteiger partial charge in [-0.05, 0) is 58.2 Å². The first-order valence-corrected chi connectivity index (χ1v) is 9.65. The van der Waals surface area contributed by atoms with Crippen molar-refractivity contribution in [3.63, 3.8) is 0 Å². The van der Waals surface area contributed by atoms with Crippen LogP contribution in [0.2, 0.25) is 0 Å². The first kappa shape index (κ1) is 17.8. The largest absolute Gasteiger partial charge is 0.493 e. The maximum Gasteiger partial charge on any atom is 0.166 e. The van der Waals surface area contributed by atoms with Crippen LogP contribution in [0.25, 0.3) is 0 Å². The normalized spacial score (nSPS) is 29.9. The van der Waals surface area contributed by atoms with Gasteiger partial charge in [0.1, 0.15) is 6.10 Å². The molecule has 3 unspecified atom stereocenters.